The maximum absolute atomic E-state index is 10.9. The Morgan fingerprint density at radius 2 is 2.25 bits per heavy atom. The predicted molar refractivity (Wildman–Crippen MR) is 59.0 cm³/mol. The van der Waals surface area contributed by atoms with Crippen molar-refractivity contribution in [2.24, 2.45) is 5.73 Å². The Bertz CT molecular complexity index is 420. The van der Waals surface area contributed by atoms with E-state index in [0.29, 0.717) is 12.0 Å². The smallest absolute Gasteiger partial charge is 0.275 e. The van der Waals surface area contributed by atoms with Crippen LogP contribution in [0.3, 0.4) is 0 Å². The number of aliphatic hydroxyl groups is 1. The van der Waals surface area contributed by atoms with Crippen molar-refractivity contribution in [3.05, 3.63) is 39.4 Å². The average Bonchev–Trinajstić information content (AvgIpc) is 2.40. The van der Waals surface area contributed by atoms with Crippen LogP contribution in [0.4, 0.5) is 5.69 Å². The van der Waals surface area contributed by atoms with E-state index in [2.05, 4.69) is 0 Å². The zero-order chi connectivity index (χ0) is 11.7. The first-order valence-electron chi connectivity index (χ1n) is 5.31. The standard InChI is InChI=1S/C11H14N2O3/c12-8-5-1-3-7-4-2-6-9(13(15)16)10(7)11(8)14/h2,4,6,8,11,14H,1,3,5,12H2/t8-,11+/m1/s1. The summed E-state index contributed by atoms with van der Waals surface area (Å²) < 4.78 is 0. The molecule has 0 saturated carbocycles. The van der Waals surface area contributed by atoms with Crippen LogP contribution in [0.25, 0.3) is 0 Å². The maximum Gasteiger partial charge on any atom is 0.275 e. The molecule has 5 heteroatoms. The Hall–Kier alpha value is -1.46. The lowest BCUT2D eigenvalue weighted by atomic mass is 9.97. The highest BCUT2D eigenvalue weighted by Gasteiger charge is 2.29. The summed E-state index contributed by atoms with van der Waals surface area (Å²) in [5.74, 6) is 0. The number of aliphatic hydroxyl groups excluding tert-OH is 1. The molecule has 3 N–H and O–H groups in total. The molecule has 0 fully saturated rings. The third kappa shape index (κ3) is 1.79. The van der Waals surface area contributed by atoms with E-state index in [0.717, 1.165) is 18.4 Å². The zero-order valence-electron chi connectivity index (χ0n) is 8.80. The van der Waals surface area contributed by atoms with Crippen molar-refractivity contribution in [2.75, 3.05) is 0 Å². The molecule has 0 saturated heterocycles. The van der Waals surface area contributed by atoms with Gasteiger partial charge in [-0.15, -0.1) is 0 Å². The highest BCUT2D eigenvalue weighted by atomic mass is 16.6. The second-order valence-electron chi connectivity index (χ2n) is 4.11. The van der Waals surface area contributed by atoms with Crippen LogP contribution in [0.5, 0.6) is 0 Å². The van der Waals surface area contributed by atoms with Gasteiger partial charge in [-0.05, 0) is 24.8 Å². The average molecular weight is 222 g/mol. The molecule has 0 aliphatic heterocycles. The fraction of sp³-hybridized carbons (Fsp3) is 0.455. The molecular weight excluding hydrogens is 208 g/mol. The lowest BCUT2D eigenvalue weighted by Gasteiger charge is -2.17. The lowest BCUT2D eigenvalue weighted by Crippen LogP contribution is -2.27. The molecule has 0 radical (unpaired) electrons. The summed E-state index contributed by atoms with van der Waals surface area (Å²) in [5, 5.41) is 20.9. The van der Waals surface area contributed by atoms with E-state index in [1.54, 1.807) is 6.07 Å². The normalized spacial score (nSPS) is 24.6. The Balaban J connectivity index is 2.57. The number of fused-ring (bicyclic) bond motifs is 1. The van der Waals surface area contributed by atoms with Gasteiger partial charge in [0.2, 0.25) is 0 Å². The summed E-state index contributed by atoms with van der Waals surface area (Å²) in [7, 11) is 0. The van der Waals surface area contributed by atoms with Gasteiger partial charge < -0.3 is 10.8 Å². The molecule has 1 aromatic rings. The van der Waals surface area contributed by atoms with Gasteiger partial charge in [0, 0.05) is 12.1 Å². The lowest BCUT2D eigenvalue weighted by molar-refractivity contribution is -0.386. The summed E-state index contributed by atoms with van der Waals surface area (Å²) in [6.45, 7) is 0. The van der Waals surface area contributed by atoms with Gasteiger partial charge in [-0.2, -0.15) is 0 Å². The molecule has 0 heterocycles. The van der Waals surface area contributed by atoms with Crippen molar-refractivity contribution in [3.8, 4) is 0 Å². The van der Waals surface area contributed by atoms with Crippen LogP contribution in [0.15, 0.2) is 18.2 Å². The van der Waals surface area contributed by atoms with Gasteiger partial charge in [0.15, 0.2) is 0 Å². The van der Waals surface area contributed by atoms with Gasteiger partial charge in [0.25, 0.3) is 5.69 Å². The van der Waals surface area contributed by atoms with Gasteiger partial charge in [0.05, 0.1) is 10.5 Å². The molecule has 86 valence electrons. The van der Waals surface area contributed by atoms with E-state index in [-0.39, 0.29) is 5.69 Å². The number of nitrogens with two attached hydrogens (primary N) is 1. The molecule has 0 spiro atoms. The number of nitrogens with zero attached hydrogens (tertiary/aromatic N) is 1. The second kappa shape index (κ2) is 4.19. The maximum atomic E-state index is 10.9. The molecule has 1 aromatic carbocycles. The number of hydrogen-bond donors (Lipinski definition) is 2. The van der Waals surface area contributed by atoms with Crippen LogP contribution >= 0.6 is 0 Å². The third-order valence-electron chi connectivity index (χ3n) is 3.05. The topological polar surface area (TPSA) is 89.4 Å². The van der Waals surface area contributed by atoms with Gasteiger partial charge in [-0.1, -0.05) is 12.1 Å². The van der Waals surface area contributed by atoms with Gasteiger partial charge >= 0.3 is 0 Å². The molecular formula is C11H14N2O3. The number of nitro benzene ring substituents is 1. The van der Waals surface area contributed by atoms with Crippen LogP contribution in [0.2, 0.25) is 0 Å². The third-order valence-corrected chi connectivity index (χ3v) is 3.05. The van der Waals surface area contributed by atoms with Crippen molar-refractivity contribution in [1.82, 2.24) is 0 Å². The first-order valence-corrected chi connectivity index (χ1v) is 5.31. The van der Waals surface area contributed by atoms with Crippen LogP contribution in [-0.4, -0.2) is 16.1 Å². The zero-order valence-corrected chi connectivity index (χ0v) is 8.80. The molecule has 0 bridgehead atoms. The molecule has 5 nitrogen and oxygen atoms in total. The van der Waals surface area contributed by atoms with Crippen molar-refractivity contribution in [1.29, 1.82) is 0 Å². The Kier molecular flexibility index (Phi) is 2.89. The highest BCUT2D eigenvalue weighted by Crippen LogP contribution is 2.34. The van der Waals surface area contributed by atoms with E-state index >= 15 is 0 Å². The van der Waals surface area contributed by atoms with E-state index in [9.17, 15) is 15.2 Å². The van der Waals surface area contributed by atoms with Crippen LogP contribution in [0.1, 0.15) is 30.1 Å². The van der Waals surface area contributed by atoms with E-state index < -0.39 is 17.1 Å². The minimum atomic E-state index is -0.931. The number of benzene rings is 1. The Morgan fingerprint density at radius 1 is 1.50 bits per heavy atom. The second-order valence-corrected chi connectivity index (χ2v) is 4.11. The monoisotopic (exact) mass is 222 g/mol. The van der Waals surface area contributed by atoms with Gasteiger partial charge in [-0.25, -0.2) is 0 Å². The quantitative estimate of drug-likeness (QED) is 0.425. The number of nitro groups is 1. The molecule has 16 heavy (non-hydrogen) atoms. The fourth-order valence-electron chi connectivity index (χ4n) is 2.22. The number of hydrogen-bond acceptors (Lipinski definition) is 4. The van der Waals surface area contributed by atoms with E-state index in [1.165, 1.54) is 6.07 Å². The molecule has 1 aliphatic carbocycles. The molecule has 0 unspecified atom stereocenters. The van der Waals surface area contributed by atoms with Crippen molar-refractivity contribution in [3.63, 3.8) is 0 Å². The summed E-state index contributed by atoms with van der Waals surface area (Å²) in [5.41, 5.74) is 7.01. The predicted octanol–water partition coefficient (Wildman–Crippen LogP) is 1.29. The molecule has 0 aromatic heterocycles. The summed E-state index contributed by atoms with van der Waals surface area (Å²) >= 11 is 0. The van der Waals surface area contributed by atoms with E-state index in [4.69, 9.17) is 5.73 Å². The first kappa shape index (κ1) is 11.0. The Labute approximate surface area is 93.0 Å². The summed E-state index contributed by atoms with van der Waals surface area (Å²) in [4.78, 5) is 10.4. The minimum absolute atomic E-state index is 0.0256. The molecule has 2 atom stereocenters. The summed E-state index contributed by atoms with van der Waals surface area (Å²) in [6.07, 6.45) is 1.35. The number of rotatable bonds is 1. The Morgan fingerprint density at radius 3 is 2.94 bits per heavy atom. The minimum Gasteiger partial charge on any atom is -0.387 e. The fourth-order valence-corrected chi connectivity index (χ4v) is 2.22. The molecule has 2 rings (SSSR count). The first-order chi connectivity index (χ1) is 7.61. The SMILES string of the molecule is N[C@@H]1CCCc2cccc([N+](=O)[O-])c2[C@H]1O. The van der Waals surface area contributed by atoms with Crippen LogP contribution in [0, 0.1) is 10.1 Å². The molecule has 1 aliphatic rings. The molecule has 0 amide bonds. The van der Waals surface area contributed by atoms with Crippen molar-refractivity contribution in [2.45, 2.75) is 31.4 Å². The van der Waals surface area contributed by atoms with Crippen LogP contribution in [-0.2, 0) is 6.42 Å². The van der Waals surface area contributed by atoms with E-state index in [1.807, 2.05) is 6.07 Å². The van der Waals surface area contributed by atoms with Crippen molar-refractivity contribution < 1.29 is 10.0 Å². The van der Waals surface area contributed by atoms with Gasteiger partial charge in [-0.3, -0.25) is 10.1 Å². The largest absolute Gasteiger partial charge is 0.387 e. The number of aryl methyl sites for hydroxylation is 1. The highest BCUT2D eigenvalue weighted by molar-refractivity contribution is 5.48. The van der Waals surface area contributed by atoms with Crippen LogP contribution < -0.4 is 5.73 Å². The van der Waals surface area contributed by atoms with Gasteiger partial charge in [0.1, 0.15) is 6.10 Å². The van der Waals surface area contributed by atoms with Crippen molar-refractivity contribution >= 4 is 5.69 Å². The summed E-state index contributed by atoms with van der Waals surface area (Å²) in [6, 6.07) is 4.48.